The minimum absolute atomic E-state index is 0.570. The molecule has 1 rings (SSSR count). The topological polar surface area (TPSA) is 59.1 Å². The number of ether oxygens (including phenoxy) is 1. The van der Waals surface area contributed by atoms with E-state index in [2.05, 4.69) is 20.6 Å². The molecule has 1 heterocycles. The van der Waals surface area contributed by atoms with E-state index in [9.17, 15) is 0 Å². The van der Waals surface area contributed by atoms with Crippen LogP contribution in [0, 0.1) is 0 Å². The monoisotopic (exact) mass is 226 g/mol. The molecule has 0 aliphatic heterocycles. The van der Waals surface area contributed by atoms with Gasteiger partial charge in [0.1, 0.15) is 6.33 Å². The Bertz CT molecular complexity index is 293. The Morgan fingerprint density at radius 3 is 2.87 bits per heavy atom. The summed E-state index contributed by atoms with van der Waals surface area (Å²) in [5, 5.41) is 6.59. The van der Waals surface area contributed by atoms with Crippen molar-refractivity contribution < 1.29 is 4.74 Å². The first-order valence-corrected chi connectivity index (χ1v) is 5.02. The second-order valence-corrected chi connectivity index (χ2v) is 3.26. The van der Waals surface area contributed by atoms with Gasteiger partial charge in [-0.2, -0.15) is 0 Å². The van der Waals surface area contributed by atoms with Crippen molar-refractivity contribution in [1.82, 2.24) is 15.3 Å². The van der Waals surface area contributed by atoms with Crippen LogP contribution in [0.15, 0.2) is 18.7 Å². The molecule has 1 aromatic heterocycles. The van der Waals surface area contributed by atoms with Crippen LogP contribution in [0.4, 0.5) is 5.69 Å². The molecule has 0 fully saturated rings. The molecule has 0 bridgehead atoms. The molecule has 82 valence electrons. The van der Waals surface area contributed by atoms with Gasteiger partial charge in [-0.15, -0.1) is 0 Å². The van der Waals surface area contributed by atoms with Crippen LogP contribution >= 0.6 is 12.2 Å². The van der Waals surface area contributed by atoms with E-state index in [1.54, 1.807) is 19.5 Å². The molecule has 0 saturated heterocycles. The van der Waals surface area contributed by atoms with E-state index in [1.807, 2.05) is 0 Å². The second-order valence-electron chi connectivity index (χ2n) is 2.85. The first-order chi connectivity index (χ1) is 7.33. The lowest BCUT2D eigenvalue weighted by atomic mass is 10.4. The fourth-order valence-corrected chi connectivity index (χ4v) is 1.18. The highest BCUT2D eigenvalue weighted by Crippen LogP contribution is 1.99. The Balaban J connectivity index is 2.19. The first-order valence-electron chi connectivity index (χ1n) is 4.61. The van der Waals surface area contributed by atoms with Gasteiger partial charge in [0.2, 0.25) is 0 Å². The standard InChI is InChI=1S/C9H14N4OS/c1-14-4-2-3-12-9(15)13-8-5-10-7-11-6-8/h5-7H,2-4H2,1H3,(H2,12,13,15). The third kappa shape index (κ3) is 5.24. The number of rotatable bonds is 5. The van der Waals surface area contributed by atoms with E-state index < -0.39 is 0 Å². The van der Waals surface area contributed by atoms with Gasteiger partial charge < -0.3 is 15.4 Å². The third-order valence-corrected chi connectivity index (χ3v) is 1.88. The van der Waals surface area contributed by atoms with Gasteiger partial charge in [-0.05, 0) is 18.6 Å². The summed E-state index contributed by atoms with van der Waals surface area (Å²) in [5.41, 5.74) is 0.779. The molecule has 0 aliphatic carbocycles. The Labute approximate surface area is 94.3 Å². The fraction of sp³-hybridized carbons (Fsp3) is 0.444. The highest BCUT2D eigenvalue weighted by Gasteiger charge is 1.96. The maximum absolute atomic E-state index is 5.07. The van der Waals surface area contributed by atoms with Gasteiger partial charge in [0, 0.05) is 20.3 Å². The minimum Gasteiger partial charge on any atom is -0.385 e. The summed E-state index contributed by atoms with van der Waals surface area (Å²) < 4.78 is 4.92. The number of nitrogens with zero attached hydrogens (tertiary/aromatic N) is 2. The van der Waals surface area contributed by atoms with Crippen molar-refractivity contribution in [1.29, 1.82) is 0 Å². The lowest BCUT2D eigenvalue weighted by molar-refractivity contribution is 0.196. The van der Waals surface area contributed by atoms with Gasteiger partial charge in [-0.3, -0.25) is 0 Å². The van der Waals surface area contributed by atoms with Crippen molar-refractivity contribution >= 4 is 23.0 Å². The Morgan fingerprint density at radius 1 is 1.47 bits per heavy atom. The Hall–Kier alpha value is -1.27. The fourth-order valence-electron chi connectivity index (χ4n) is 0.957. The van der Waals surface area contributed by atoms with Gasteiger partial charge >= 0.3 is 0 Å². The van der Waals surface area contributed by atoms with E-state index in [-0.39, 0.29) is 0 Å². The van der Waals surface area contributed by atoms with Crippen LogP contribution in [0.25, 0.3) is 0 Å². The van der Waals surface area contributed by atoms with Crippen molar-refractivity contribution in [2.45, 2.75) is 6.42 Å². The molecule has 0 spiro atoms. The van der Waals surface area contributed by atoms with E-state index in [1.165, 1.54) is 6.33 Å². The molecule has 1 aromatic rings. The average molecular weight is 226 g/mol. The lowest BCUT2D eigenvalue weighted by Crippen LogP contribution is -2.29. The van der Waals surface area contributed by atoms with E-state index >= 15 is 0 Å². The molecule has 6 heteroatoms. The van der Waals surface area contributed by atoms with Crippen molar-refractivity contribution in [3.8, 4) is 0 Å². The summed E-state index contributed by atoms with van der Waals surface area (Å²) in [4.78, 5) is 7.73. The summed E-state index contributed by atoms with van der Waals surface area (Å²) in [5.74, 6) is 0. The van der Waals surface area contributed by atoms with E-state index in [4.69, 9.17) is 17.0 Å². The van der Waals surface area contributed by atoms with Crippen LogP contribution in [0.2, 0.25) is 0 Å². The van der Waals surface area contributed by atoms with Crippen molar-refractivity contribution in [2.24, 2.45) is 0 Å². The van der Waals surface area contributed by atoms with Crippen LogP contribution in [-0.2, 0) is 4.74 Å². The van der Waals surface area contributed by atoms with Crippen molar-refractivity contribution in [2.75, 3.05) is 25.6 Å². The molecular formula is C9H14N4OS. The maximum atomic E-state index is 5.07. The number of aromatic nitrogens is 2. The molecule has 0 amide bonds. The molecule has 2 N–H and O–H groups in total. The highest BCUT2D eigenvalue weighted by atomic mass is 32.1. The van der Waals surface area contributed by atoms with Crippen LogP contribution in [0.1, 0.15) is 6.42 Å². The van der Waals surface area contributed by atoms with Gasteiger partial charge in [0.05, 0.1) is 18.1 Å². The summed E-state index contributed by atoms with van der Waals surface area (Å²) in [7, 11) is 1.68. The molecule has 0 aromatic carbocycles. The number of hydrogen-bond acceptors (Lipinski definition) is 4. The normalized spacial score (nSPS) is 9.67. The molecule has 0 radical (unpaired) electrons. The van der Waals surface area contributed by atoms with Crippen LogP contribution in [-0.4, -0.2) is 35.3 Å². The zero-order valence-electron chi connectivity index (χ0n) is 8.56. The smallest absolute Gasteiger partial charge is 0.170 e. The zero-order chi connectivity index (χ0) is 10.9. The summed E-state index contributed by atoms with van der Waals surface area (Å²) in [6.45, 7) is 1.51. The van der Waals surface area contributed by atoms with Crippen LogP contribution in [0.3, 0.4) is 0 Å². The number of methoxy groups -OCH3 is 1. The Morgan fingerprint density at radius 2 is 2.20 bits per heavy atom. The van der Waals surface area contributed by atoms with E-state index in [0.29, 0.717) is 5.11 Å². The van der Waals surface area contributed by atoms with E-state index in [0.717, 1.165) is 25.3 Å². The highest BCUT2D eigenvalue weighted by molar-refractivity contribution is 7.80. The number of nitrogens with one attached hydrogen (secondary N) is 2. The molecule has 0 saturated carbocycles. The van der Waals surface area contributed by atoms with Gasteiger partial charge in [0.15, 0.2) is 5.11 Å². The predicted octanol–water partition coefficient (Wildman–Crippen LogP) is 0.799. The molecular weight excluding hydrogens is 212 g/mol. The maximum Gasteiger partial charge on any atom is 0.170 e. The first kappa shape index (κ1) is 11.8. The molecule has 5 nitrogen and oxygen atoms in total. The van der Waals surface area contributed by atoms with Gasteiger partial charge in [-0.1, -0.05) is 0 Å². The Kier molecular flexibility index (Phi) is 5.57. The van der Waals surface area contributed by atoms with Crippen molar-refractivity contribution in [3.63, 3.8) is 0 Å². The second kappa shape index (κ2) is 7.08. The molecule has 0 atom stereocenters. The number of thiocarbonyl (C=S) groups is 1. The lowest BCUT2D eigenvalue weighted by Gasteiger charge is -2.09. The molecule has 0 aliphatic rings. The van der Waals surface area contributed by atoms with Gasteiger partial charge in [-0.25, -0.2) is 9.97 Å². The summed E-state index contributed by atoms with van der Waals surface area (Å²) in [6, 6.07) is 0. The van der Waals surface area contributed by atoms with Crippen LogP contribution in [0.5, 0.6) is 0 Å². The average Bonchev–Trinajstić information content (AvgIpc) is 2.26. The molecule has 0 unspecified atom stereocenters. The number of anilines is 1. The largest absolute Gasteiger partial charge is 0.385 e. The quantitative estimate of drug-likeness (QED) is 0.572. The molecule has 15 heavy (non-hydrogen) atoms. The van der Waals surface area contributed by atoms with Gasteiger partial charge in [0.25, 0.3) is 0 Å². The third-order valence-electron chi connectivity index (χ3n) is 1.63. The minimum atomic E-state index is 0.570. The zero-order valence-corrected chi connectivity index (χ0v) is 9.38. The van der Waals surface area contributed by atoms with Crippen molar-refractivity contribution in [3.05, 3.63) is 18.7 Å². The number of hydrogen-bond donors (Lipinski definition) is 2. The SMILES string of the molecule is COCCCNC(=S)Nc1cncnc1. The summed E-state index contributed by atoms with van der Waals surface area (Å²) in [6.07, 6.45) is 5.72. The predicted molar refractivity (Wildman–Crippen MR) is 62.7 cm³/mol. The van der Waals surface area contributed by atoms with Crippen LogP contribution < -0.4 is 10.6 Å². The summed E-state index contributed by atoms with van der Waals surface area (Å²) >= 11 is 5.07.